The second-order valence-corrected chi connectivity index (χ2v) is 13.1. The van der Waals surface area contributed by atoms with Crippen molar-refractivity contribution in [1.29, 1.82) is 0 Å². The quantitative estimate of drug-likeness (QED) is 0.354. The van der Waals surface area contributed by atoms with E-state index in [4.69, 9.17) is 0 Å². The zero-order valence-corrected chi connectivity index (χ0v) is 23.6. The number of carbonyl (C=O) groups excluding carboxylic acids is 2. The molecule has 3 heterocycles. The minimum atomic E-state index is -3.62. The molecule has 1 atom stereocenters. The molecule has 3 aromatic rings. The normalized spacial score (nSPS) is 19.8. The molecule has 2 aromatic carbocycles. The molecule has 208 valence electrons. The number of H-pyrrole nitrogens is 1. The molecule has 1 aliphatic carbocycles. The summed E-state index contributed by atoms with van der Waals surface area (Å²) >= 11 is 0. The average molecular weight is 559 g/mol. The third kappa shape index (κ3) is 5.11. The first-order valence-electron chi connectivity index (χ1n) is 13.9. The fourth-order valence-corrected chi connectivity index (χ4v) is 7.18. The molecule has 40 heavy (non-hydrogen) atoms. The van der Waals surface area contributed by atoms with Crippen molar-refractivity contribution in [2.75, 3.05) is 18.4 Å². The highest BCUT2D eigenvalue weighted by Crippen LogP contribution is 2.36. The van der Waals surface area contributed by atoms with Crippen LogP contribution in [0.15, 0.2) is 53.4 Å². The number of aromatic nitrogens is 1. The summed E-state index contributed by atoms with van der Waals surface area (Å²) in [5, 5.41) is 6.40. The molecule has 8 nitrogen and oxygen atoms in total. The lowest BCUT2D eigenvalue weighted by atomic mass is 10.0. The Kier molecular flexibility index (Phi) is 6.88. The standard InChI is InChI=1S/C31H34N4O4S/c1-19-28(33-20(2)29(19)31(37)35-14-6-9-23(35)17-32-22-10-11-22)16-26-25-15-24(12-13-27(25)34-30(26)36)40(38,39)18-21-7-4-3-5-8-21/h3-5,7-8,12-13,15-16,22-23,32-33H,6,9-11,14,17-18H2,1-2H3,(H,34,36)/b26-16-/t23-/m0/s1. The van der Waals surface area contributed by atoms with Crippen LogP contribution in [0.2, 0.25) is 0 Å². The molecular weight excluding hydrogens is 524 g/mol. The van der Waals surface area contributed by atoms with Crippen LogP contribution in [0.1, 0.15) is 64.1 Å². The van der Waals surface area contributed by atoms with Crippen molar-refractivity contribution < 1.29 is 18.0 Å². The monoisotopic (exact) mass is 558 g/mol. The molecule has 2 amide bonds. The maximum absolute atomic E-state index is 13.7. The number of likely N-dealkylation sites (tertiary alicyclic amines) is 1. The zero-order valence-electron chi connectivity index (χ0n) is 22.8. The Labute approximate surface area is 234 Å². The maximum atomic E-state index is 13.7. The van der Waals surface area contributed by atoms with Crippen LogP contribution in [0.4, 0.5) is 5.69 Å². The number of sulfone groups is 1. The van der Waals surface area contributed by atoms with Crippen LogP contribution in [0.25, 0.3) is 11.6 Å². The molecular formula is C31H34N4O4S. The zero-order chi connectivity index (χ0) is 28.0. The van der Waals surface area contributed by atoms with E-state index in [-0.39, 0.29) is 28.5 Å². The number of aromatic amines is 1. The summed E-state index contributed by atoms with van der Waals surface area (Å²) in [4.78, 5) is 32.1. The van der Waals surface area contributed by atoms with Crippen LogP contribution in [-0.2, 0) is 20.4 Å². The van der Waals surface area contributed by atoms with E-state index in [1.54, 1.807) is 30.3 Å². The fraction of sp³-hybridized carbons (Fsp3) is 0.355. The molecule has 2 aliphatic heterocycles. The average Bonchev–Trinajstić information content (AvgIpc) is 3.44. The van der Waals surface area contributed by atoms with Gasteiger partial charge in [0.1, 0.15) is 0 Å². The molecule has 0 spiro atoms. The number of hydrogen-bond donors (Lipinski definition) is 3. The number of anilines is 1. The lowest BCUT2D eigenvalue weighted by Gasteiger charge is -2.25. The van der Waals surface area contributed by atoms with Gasteiger partial charge in [-0.05, 0) is 74.9 Å². The Balaban J connectivity index is 1.29. The van der Waals surface area contributed by atoms with Crippen molar-refractivity contribution in [3.8, 4) is 0 Å². The first kappa shape index (κ1) is 26.5. The van der Waals surface area contributed by atoms with Gasteiger partial charge in [-0.2, -0.15) is 0 Å². The Hall–Kier alpha value is -3.69. The lowest BCUT2D eigenvalue weighted by molar-refractivity contribution is -0.110. The third-order valence-corrected chi connectivity index (χ3v) is 9.85. The van der Waals surface area contributed by atoms with Gasteiger partial charge in [-0.3, -0.25) is 9.59 Å². The maximum Gasteiger partial charge on any atom is 0.256 e. The Morgan fingerprint density at radius 3 is 2.62 bits per heavy atom. The molecule has 1 saturated heterocycles. The highest BCUT2D eigenvalue weighted by Gasteiger charge is 2.34. The summed E-state index contributed by atoms with van der Waals surface area (Å²) in [6.45, 7) is 5.34. The molecule has 6 rings (SSSR count). The van der Waals surface area contributed by atoms with Gasteiger partial charge in [0.05, 0.1) is 21.8 Å². The van der Waals surface area contributed by atoms with E-state index in [1.165, 1.54) is 18.9 Å². The van der Waals surface area contributed by atoms with Gasteiger partial charge in [-0.25, -0.2) is 8.42 Å². The summed E-state index contributed by atoms with van der Waals surface area (Å²) in [5.41, 5.74) is 5.01. The van der Waals surface area contributed by atoms with E-state index in [2.05, 4.69) is 15.6 Å². The van der Waals surface area contributed by atoms with Crippen LogP contribution >= 0.6 is 0 Å². The number of rotatable bonds is 8. The second kappa shape index (κ2) is 10.4. The Bertz CT molecular complexity index is 1620. The Morgan fingerprint density at radius 1 is 1.10 bits per heavy atom. The predicted molar refractivity (Wildman–Crippen MR) is 156 cm³/mol. The number of amides is 2. The van der Waals surface area contributed by atoms with Gasteiger partial charge >= 0.3 is 0 Å². The van der Waals surface area contributed by atoms with E-state index >= 15 is 0 Å². The summed E-state index contributed by atoms with van der Waals surface area (Å²) in [7, 11) is -3.62. The molecule has 1 aromatic heterocycles. The van der Waals surface area contributed by atoms with Crippen LogP contribution in [0, 0.1) is 13.8 Å². The number of carbonyl (C=O) groups is 2. The molecule has 3 N–H and O–H groups in total. The fourth-order valence-electron chi connectivity index (χ4n) is 5.81. The summed E-state index contributed by atoms with van der Waals surface area (Å²) in [6, 6.07) is 14.6. The SMILES string of the molecule is Cc1[nH]c(/C=C2\C(=O)Nc3ccc(S(=O)(=O)Cc4ccccc4)cc32)c(C)c1C(=O)N1CCC[C@H]1CNC1CC1. The smallest absolute Gasteiger partial charge is 0.256 e. The van der Waals surface area contributed by atoms with Gasteiger partial charge in [-0.15, -0.1) is 0 Å². The number of nitrogens with one attached hydrogen (secondary N) is 3. The molecule has 2 fully saturated rings. The van der Waals surface area contributed by atoms with Crippen molar-refractivity contribution in [2.24, 2.45) is 0 Å². The summed E-state index contributed by atoms with van der Waals surface area (Å²) < 4.78 is 26.4. The van der Waals surface area contributed by atoms with Gasteiger partial charge in [-0.1, -0.05) is 30.3 Å². The number of fused-ring (bicyclic) bond motifs is 1. The van der Waals surface area contributed by atoms with E-state index in [0.717, 1.165) is 37.2 Å². The minimum Gasteiger partial charge on any atom is -0.358 e. The van der Waals surface area contributed by atoms with Gasteiger partial charge in [0, 0.05) is 47.8 Å². The molecule has 0 bridgehead atoms. The summed E-state index contributed by atoms with van der Waals surface area (Å²) in [5.74, 6) is -0.416. The van der Waals surface area contributed by atoms with Crippen molar-refractivity contribution in [3.63, 3.8) is 0 Å². The van der Waals surface area contributed by atoms with Crippen LogP contribution in [0.3, 0.4) is 0 Å². The van der Waals surface area contributed by atoms with Crippen molar-refractivity contribution in [3.05, 3.63) is 82.2 Å². The third-order valence-electron chi connectivity index (χ3n) is 8.17. The van der Waals surface area contributed by atoms with Crippen molar-refractivity contribution in [2.45, 2.75) is 62.3 Å². The number of aryl methyl sites for hydroxylation is 1. The molecule has 0 radical (unpaired) electrons. The topological polar surface area (TPSA) is 111 Å². The Morgan fingerprint density at radius 2 is 1.88 bits per heavy atom. The van der Waals surface area contributed by atoms with Crippen LogP contribution in [0.5, 0.6) is 0 Å². The van der Waals surface area contributed by atoms with Crippen molar-refractivity contribution in [1.82, 2.24) is 15.2 Å². The summed E-state index contributed by atoms with van der Waals surface area (Å²) in [6.07, 6.45) is 6.15. The highest BCUT2D eigenvalue weighted by molar-refractivity contribution is 7.90. The highest BCUT2D eigenvalue weighted by atomic mass is 32.2. The minimum absolute atomic E-state index is 0.0153. The lowest BCUT2D eigenvalue weighted by Crippen LogP contribution is -2.42. The molecule has 3 aliphatic rings. The van der Waals surface area contributed by atoms with Crippen LogP contribution in [-0.4, -0.2) is 55.3 Å². The van der Waals surface area contributed by atoms with Gasteiger partial charge < -0.3 is 20.5 Å². The van der Waals surface area contributed by atoms with Crippen molar-refractivity contribution >= 4 is 39.0 Å². The first-order chi connectivity index (χ1) is 19.2. The predicted octanol–water partition coefficient (Wildman–Crippen LogP) is 4.45. The second-order valence-electron chi connectivity index (χ2n) is 11.1. The van der Waals surface area contributed by atoms with Gasteiger partial charge in [0.25, 0.3) is 11.8 Å². The van der Waals surface area contributed by atoms with E-state index in [0.29, 0.717) is 39.7 Å². The number of nitrogens with zero attached hydrogens (tertiary/aromatic N) is 1. The van der Waals surface area contributed by atoms with Gasteiger partial charge in [0.15, 0.2) is 9.84 Å². The van der Waals surface area contributed by atoms with E-state index < -0.39 is 9.84 Å². The first-order valence-corrected chi connectivity index (χ1v) is 15.5. The van der Waals surface area contributed by atoms with E-state index in [9.17, 15) is 18.0 Å². The number of benzene rings is 2. The van der Waals surface area contributed by atoms with Crippen LogP contribution < -0.4 is 10.6 Å². The van der Waals surface area contributed by atoms with Gasteiger partial charge in [0.2, 0.25) is 0 Å². The van der Waals surface area contributed by atoms with E-state index in [1.807, 2.05) is 36.9 Å². The largest absolute Gasteiger partial charge is 0.358 e. The molecule has 0 unspecified atom stereocenters. The molecule has 9 heteroatoms. The number of hydrogen-bond acceptors (Lipinski definition) is 5. The molecule has 1 saturated carbocycles.